The molecule has 0 bridgehead atoms. The summed E-state index contributed by atoms with van der Waals surface area (Å²) in [4.78, 5) is 33.8. The predicted molar refractivity (Wildman–Crippen MR) is 290 cm³/mol. The summed E-state index contributed by atoms with van der Waals surface area (Å²) in [5.41, 5.74) is 5.38. The highest BCUT2D eigenvalue weighted by atomic mass is 31.2. The highest BCUT2D eigenvalue weighted by molar-refractivity contribution is 7.47. The molecule has 3 atom stereocenters. The fraction of sp³-hybridized carbons (Fsp3) is 0.655. The van der Waals surface area contributed by atoms with Crippen LogP contribution in [0.4, 0.5) is 0 Å². The van der Waals surface area contributed by atoms with Gasteiger partial charge in [0, 0.05) is 13.0 Å². The van der Waals surface area contributed by atoms with E-state index in [-0.39, 0.29) is 13.0 Å². The van der Waals surface area contributed by atoms with Crippen LogP contribution in [-0.4, -0.2) is 60.5 Å². The molecule has 0 aromatic rings. The number of aliphatic carboxylic acids is 1. The maximum atomic E-state index is 12.7. The summed E-state index contributed by atoms with van der Waals surface area (Å²) in [6.07, 6.45) is 71.4. The number of allylic oxidation sites excluding steroid dienone is 18. The molecule has 394 valence electrons. The quantitative estimate of drug-likeness (QED) is 0.0232. The van der Waals surface area contributed by atoms with Crippen molar-refractivity contribution in [3.8, 4) is 0 Å². The Kier molecular flexibility index (Phi) is 49.9. The number of nitrogens with two attached hydrogens (primary N) is 1. The van der Waals surface area contributed by atoms with E-state index in [1.165, 1.54) is 64.2 Å². The Morgan fingerprint density at radius 2 is 0.841 bits per heavy atom. The van der Waals surface area contributed by atoms with Gasteiger partial charge in [-0.05, 0) is 103 Å². The summed E-state index contributed by atoms with van der Waals surface area (Å²) in [5, 5.41) is 8.94. The monoisotopic (exact) mass is 984 g/mol. The molecule has 10 nitrogen and oxygen atoms in total. The topological polar surface area (TPSA) is 155 Å². The first-order chi connectivity index (χ1) is 33.7. The third kappa shape index (κ3) is 52.3. The van der Waals surface area contributed by atoms with Crippen molar-refractivity contribution in [2.45, 2.75) is 219 Å². The average molecular weight is 984 g/mol. The number of carboxylic acids is 1. The molecular formula is C58H98NO9P. The van der Waals surface area contributed by atoms with Gasteiger partial charge in [0.15, 0.2) is 0 Å². The molecule has 0 spiro atoms. The highest BCUT2D eigenvalue weighted by Crippen LogP contribution is 2.43. The van der Waals surface area contributed by atoms with Crippen LogP contribution in [0.25, 0.3) is 0 Å². The predicted octanol–water partition coefficient (Wildman–Crippen LogP) is 16.2. The van der Waals surface area contributed by atoms with E-state index in [0.29, 0.717) is 13.0 Å². The number of phosphoric ester groups is 1. The van der Waals surface area contributed by atoms with Gasteiger partial charge in [0.1, 0.15) is 12.1 Å². The van der Waals surface area contributed by atoms with Crippen molar-refractivity contribution >= 4 is 19.8 Å². The normalized spacial score (nSPS) is 14.5. The molecule has 0 radical (unpaired) electrons. The Hall–Kier alpha value is -3.37. The smallest absolute Gasteiger partial charge is 0.472 e. The van der Waals surface area contributed by atoms with Crippen molar-refractivity contribution in [3.63, 3.8) is 0 Å². The molecule has 69 heavy (non-hydrogen) atoms. The van der Waals surface area contributed by atoms with Crippen LogP contribution in [0, 0.1) is 0 Å². The van der Waals surface area contributed by atoms with Gasteiger partial charge >= 0.3 is 19.8 Å². The largest absolute Gasteiger partial charge is 0.480 e. The Balaban J connectivity index is 4.22. The van der Waals surface area contributed by atoms with E-state index in [9.17, 15) is 19.0 Å². The average Bonchev–Trinajstić information content (AvgIpc) is 3.33. The minimum atomic E-state index is -4.64. The van der Waals surface area contributed by atoms with Crippen LogP contribution >= 0.6 is 7.82 Å². The molecule has 0 aliphatic rings. The summed E-state index contributed by atoms with van der Waals surface area (Å²) >= 11 is 0. The van der Waals surface area contributed by atoms with Gasteiger partial charge in [-0.15, -0.1) is 0 Å². The Morgan fingerprint density at radius 1 is 0.478 bits per heavy atom. The zero-order chi connectivity index (χ0) is 50.4. The van der Waals surface area contributed by atoms with Crippen LogP contribution in [0.5, 0.6) is 0 Å². The third-order valence-corrected chi connectivity index (χ3v) is 12.0. The van der Waals surface area contributed by atoms with Crippen molar-refractivity contribution in [3.05, 3.63) is 109 Å². The second-order valence-corrected chi connectivity index (χ2v) is 19.1. The first kappa shape index (κ1) is 65.6. The van der Waals surface area contributed by atoms with Crippen LogP contribution in [-0.2, 0) is 32.7 Å². The number of phosphoric acid groups is 1. The number of esters is 1. The fourth-order valence-corrected chi connectivity index (χ4v) is 7.69. The first-order valence-corrected chi connectivity index (χ1v) is 28.4. The van der Waals surface area contributed by atoms with Gasteiger partial charge in [-0.1, -0.05) is 207 Å². The van der Waals surface area contributed by atoms with Crippen LogP contribution in [0.3, 0.4) is 0 Å². The van der Waals surface area contributed by atoms with E-state index in [4.69, 9.17) is 29.4 Å². The molecule has 0 saturated heterocycles. The van der Waals surface area contributed by atoms with E-state index < -0.39 is 45.1 Å². The molecular weight excluding hydrogens is 886 g/mol. The van der Waals surface area contributed by atoms with Crippen LogP contribution in [0.1, 0.15) is 206 Å². The lowest BCUT2D eigenvalue weighted by atomic mass is 10.1. The van der Waals surface area contributed by atoms with Gasteiger partial charge in [0.05, 0.1) is 19.8 Å². The van der Waals surface area contributed by atoms with E-state index in [1.54, 1.807) is 0 Å². The zero-order valence-corrected chi connectivity index (χ0v) is 44.3. The molecule has 11 heteroatoms. The molecule has 0 rings (SSSR count). The van der Waals surface area contributed by atoms with E-state index in [0.717, 1.165) is 116 Å². The van der Waals surface area contributed by atoms with Crippen molar-refractivity contribution < 1.29 is 42.7 Å². The SMILES string of the molecule is CC/C=C\C/C=C\C/C=C\C/C=C\C/C=C\C/C=C\CCCCCCCOCC(COP(=O)(O)OCC(N)C(=O)O)OC(=O)CCCCCCCCCC/C=C\C/C=C\C/C=C\CCCCCCC. The minimum absolute atomic E-state index is 0.00683. The van der Waals surface area contributed by atoms with Gasteiger partial charge in [0.25, 0.3) is 0 Å². The molecule has 0 aliphatic heterocycles. The number of ether oxygens (including phenoxy) is 2. The number of carbonyl (C=O) groups is 2. The first-order valence-electron chi connectivity index (χ1n) is 26.9. The van der Waals surface area contributed by atoms with Gasteiger partial charge in [-0.25, -0.2) is 4.57 Å². The fourth-order valence-electron chi connectivity index (χ4n) is 6.91. The van der Waals surface area contributed by atoms with Gasteiger partial charge < -0.3 is 25.2 Å². The molecule has 0 aliphatic carbocycles. The summed E-state index contributed by atoms with van der Waals surface area (Å²) in [6, 6.07) is -1.49. The highest BCUT2D eigenvalue weighted by Gasteiger charge is 2.27. The Morgan fingerprint density at radius 3 is 1.26 bits per heavy atom. The lowest BCUT2D eigenvalue weighted by Crippen LogP contribution is -2.34. The van der Waals surface area contributed by atoms with Crippen molar-refractivity contribution in [1.82, 2.24) is 0 Å². The maximum Gasteiger partial charge on any atom is 0.472 e. The number of rotatable bonds is 50. The molecule has 3 unspecified atom stereocenters. The molecule has 0 aromatic carbocycles. The number of unbranched alkanes of at least 4 members (excludes halogenated alkanes) is 18. The Labute approximate surface area is 421 Å². The van der Waals surface area contributed by atoms with Crippen LogP contribution in [0.2, 0.25) is 0 Å². The lowest BCUT2D eigenvalue weighted by Gasteiger charge is -2.20. The van der Waals surface area contributed by atoms with Gasteiger partial charge in [-0.3, -0.25) is 18.6 Å². The lowest BCUT2D eigenvalue weighted by molar-refractivity contribution is -0.154. The second-order valence-electron chi connectivity index (χ2n) is 17.6. The summed E-state index contributed by atoms with van der Waals surface area (Å²) in [7, 11) is -4.64. The van der Waals surface area contributed by atoms with Crippen molar-refractivity contribution in [2.24, 2.45) is 5.73 Å². The van der Waals surface area contributed by atoms with Crippen LogP contribution in [0.15, 0.2) is 109 Å². The Bertz CT molecular complexity index is 1510. The number of carboxylic acid groups (broad SMARTS) is 1. The number of carbonyl (C=O) groups excluding carboxylic acids is 1. The third-order valence-electron chi connectivity index (χ3n) is 11.0. The number of hydrogen-bond acceptors (Lipinski definition) is 8. The molecule has 0 heterocycles. The van der Waals surface area contributed by atoms with Crippen molar-refractivity contribution in [1.29, 1.82) is 0 Å². The van der Waals surface area contributed by atoms with Gasteiger partial charge in [-0.2, -0.15) is 0 Å². The molecule has 0 aromatic heterocycles. The van der Waals surface area contributed by atoms with E-state index in [2.05, 4.69) is 123 Å². The number of hydrogen-bond donors (Lipinski definition) is 3. The molecule has 0 amide bonds. The van der Waals surface area contributed by atoms with E-state index >= 15 is 0 Å². The molecule has 0 fully saturated rings. The zero-order valence-electron chi connectivity index (χ0n) is 43.4. The van der Waals surface area contributed by atoms with E-state index in [1.807, 2.05) is 0 Å². The minimum Gasteiger partial charge on any atom is -0.480 e. The summed E-state index contributed by atoms with van der Waals surface area (Å²) in [5.74, 6) is -1.80. The van der Waals surface area contributed by atoms with Crippen LogP contribution < -0.4 is 5.73 Å². The molecule has 0 saturated carbocycles. The molecule has 4 N–H and O–H groups in total. The standard InChI is InChI=1S/C58H98NO9P/c1-3-5-7-9-11-13-15-17-19-21-23-25-27-29-31-33-35-37-39-41-43-45-47-49-51-65-52-55(53-66-69(63,64)67-54-56(59)58(61)62)68-57(60)50-48-46-44-42-40-38-36-34-32-30-28-26-24-22-20-18-16-14-12-10-8-6-4-2/h5,7,11,13,16-19,22-25,28-31,35,37,55-56H,3-4,6,8-10,12,14-15,20-21,26-27,32-34,36,38-54,59H2,1-2H3,(H,61,62)(H,63,64)/b7-5-,13-11-,18-16-,19-17-,24-22-,25-23-,30-28-,31-29-,37-35-. The maximum absolute atomic E-state index is 12.7. The second kappa shape index (κ2) is 52.5. The summed E-state index contributed by atoms with van der Waals surface area (Å²) in [6.45, 7) is 3.70. The van der Waals surface area contributed by atoms with Crippen molar-refractivity contribution in [2.75, 3.05) is 26.4 Å². The van der Waals surface area contributed by atoms with Gasteiger partial charge in [0.2, 0.25) is 0 Å². The summed E-state index contributed by atoms with van der Waals surface area (Å²) < 4.78 is 33.5.